The highest BCUT2D eigenvalue weighted by Gasteiger charge is 2.20. The number of nitrogens with zero attached hydrogens (tertiary/aromatic N) is 1. The molecule has 142 valence electrons. The van der Waals surface area contributed by atoms with Crippen LogP contribution >= 0.6 is 39.9 Å². The Morgan fingerprint density at radius 3 is 2.27 bits per heavy atom. The van der Waals surface area contributed by atoms with Crippen LogP contribution < -0.4 is 20.5 Å². The van der Waals surface area contributed by atoms with Crippen molar-refractivity contribution in [2.45, 2.75) is 19.3 Å². The van der Waals surface area contributed by atoms with Crippen LogP contribution in [-0.2, 0) is 5.41 Å². The second kappa shape index (κ2) is 10.0. The summed E-state index contributed by atoms with van der Waals surface area (Å²) in [6.07, 6.45) is 0. The Hall–Kier alpha value is -1.48. The van der Waals surface area contributed by atoms with E-state index in [1.54, 1.807) is 14.2 Å². The lowest BCUT2D eigenvalue weighted by Crippen LogP contribution is -2.27. The standard InChI is InChI=1S/C19H24BrN3O2.HI/c1-19(2,13-5-7-14(20)8-6-13)12-22-18(21)23-15-9-10-16(24-3)17(11-15)25-4;/h5-11H,12H2,1-4H3,(H3,21,22,23);1H. The van der Waals surface area contributed by atoms with Gasteiger partial charge in [0.1, 0.15) is 0 Å². The summed E-state index contributed by atoms with van der Waals surface area (Å²) in [5.41, 5.74) is 7.91. The minimum Gasteiger partial charge on any atom is -0.493 e. The average Bonchev–Trinajstić information content (AvgIpc) is 2.60. The number of nitrogens with one attached hydrogen (secondary N) is 1. The van der Waals surface area contributed by atoms with Crippen molar-refractivity contribution in [1.82, 2.24) is 0 Å². The number of ether oxygens (including phenoxy) is 2. The lowest BCUT2D eigenvalue weighted by Gasteiger charge is -2.23. The van der Waals surface area contributed by atoms with E-state index in [-0.39, 0.29) is 29.4 Å². The number of hydrogen-bond donors (Lipinski definition) is 2. The molecule has 0 aliphatic carbocycles. The molecule has 0 amide bonds. The van der Waals surface area contributed by atoms with Crippen LogP contribution in [0.2, 0.25) is 0 Å². The molecule has 0 aliphatic rings. The van der Waals surface area contributed by atoms with E-state index in [4.69, 9.17) is 15.2 Å². The molecule has 5 nitrogen and oxygen atoms in total. The zero-order valence-electron chi connectivity index (χ0n) is 15.4. The predicted molar refractivity (Wildman–Crippen MR) is 122 cm³/mol. The van der Waals surface area contributed by atoms with Gasteiger partial charge >= 0.3 is 0 Å². The number of methoxy groups -OCH3 is 2. The van der Waals surface area contributed by atoms with Gasteiger partial charge in [0, 0.05) is 21.6 Å². The van der Waals surface area contributed by atoms with E-state index < -0.39 is 0 Å². The Balaban J connectivity index is 0.00000338. The van der Waals surface area contributed by atoms with E-state index in [1.807, 2.05) is 30.3 Å². The van der Waals surface area contributed by atoms with Crippen LogP contribution in [0.15, 0.2) is 51.9 Å². The van der Waals surface area contributed by atoms with Crippen molar-refractivity contribution in [2.75, 3.05) is 26.1 Å². The largest absolute Gasteiger partial charge is 0.493 e. The van der Waals surface area contributed by atoms with Gasteiger partial charge in [-0.05, 0) is 29.8 Å². The summed E-state index contributed by atoms with van der Waals surface area (Å²) in [6, 6.07) is 13.8. The highest BCUT2D eigenvalue weighted by atomic mass is 127. The second-order valence-corrected chi connectivity index (χ2v) is 7.20. The number of hydrogen-bond acceptors (Lipinski definition) is 3. The van der Waals surface area contributed by atoms with Crippen LogP contribution in [0, 0.1) is 0 Å². The van der Waals surface area contributed by atoms with Crippen LogP contribution in [0.1, 0.15) is 19.4 Å². The monoisotopic (exact) mass is 533 g/mol. The lowest BCUT2D eigenvalue weighted by atomic mass is 9.85. The molecule has 0 radical (unpaired) electrons. The average molecular weight is 534 g/mol. The van der Waals surface area contributed by atoms with Crippen molar-refractivity contribution in [3.63, 3.8) is 0 Å². The molecule has 0 atom stereocenters. The Kier molecular flexibility index (Phi) is 8.69. The molecule has 26 heavy (non-hydrogen) atoms. The van der Waals surface area contributed by atoms with E-state index in [9.17, 15) is 0 Å². The van der Waals surface area contributed by atoms with E-state index in [0.29, 0.717) is 24.0 Å². The Morgan fingerprint density at radius 1 is 1.08 bits per heavy atom. The zero-order valence-corrected chi connectivity index (χ0v) is 19.3. The molecule has 7 heteroatoms. The van der Waals surface area contributed by atoms with Gasteiger partial charge in [-0.15, -0.1) is 24.0 Å². The molecule has 0 bridgehead atoms. The number of rotatable bonds is 6. The highest BCUT2D eigenvalue weighted by Crippen LogP contribution is 2.29. The molecular weight excluding hydrogens is 509 g/mol. The van der Waals surface area contributed by atoms with Crippen LogP contribution in [0.5, 0.6) is 11.5 Å². The fourth-order valence-electron chi connectivity index (χ4n) is 2.38. The van der Waals surface area contributed by atoms with Gasteiger partial charge < -0.3 is 20.5 Å². The topological polar surface area (TPSA) is 68.9 Å². The molecular formula is C19H25BrIN3O2. The molecule has 0 aromatic heterocycles. The highest BCUT2D eigenvalue weighted by molar-refractivity contribution is 14.0. The molecule has 0 saturated carbocycles. The van der Waals surface area contributed by atoms with Crippen LogP contribution in [0.3, 0.4) is 0 Å². The van der Waals surface area contributed by atoms with Crippen molar-refractivity contribution < 1.29 is 9.47 Å². The second-order valence-electron chi connectivity index (χ2n) is 6.29. The van der Waals surface area contributed by atoms with Crippen molar-refractivity contribution in [3.05, 3.63) is 52.5 Å². The first-order chi connectivity index (χ1) is 11.9. The molecule has 0 spiro atoms. The van der Waals surface area contributed by atoms with Crippen LogP contribution in [0.25, 0.3) is 0 Å². The summed E-state index contributed by atoms with van der Waals surface area (Å²) in [4.78, 5) is 4.49. The first-order valence-electron chi connectivity index (χ1n) is 7.91. The van der Waals surface area contributed by atoms with Gasteiger partial charge in [-0.1, -0.05) is 41.9 Å². The van der Waals surface area contributed by atoms with Crippen LogP contribution in [-0.4, -0.2) is 26.7 Å². The minimum atomic E-state index is -0.120. The first kappa shape index (κ1) is 22.6. The maximum absolute atomic E-state index is 6.04. The number of aliphatic imine (C=N–C) groups is 1. The van der Waals surface area contributed by atoms with Gasteiger partial charge in [0.2, 0.25) is 0 Å². The third-order valence-electron chi connectivity index (χ3n) is 3.93. The van der Waals surface area contributed by atoms with E-state index in [2.05, 4.69) is 52.2 Å². The molecule has 0 fully saturated rings. The van der Waals surface area contributed by atoms with Gasteiger partial charge in [-0.3, -0.25) is 4.99 Å². The number of nitrogens with two attached hydrogens (primary N) is 1. The molecule has 0 unspecified atom stereocenters. The van der Waals surface area contributed by atoms with Gasteiger partial charge in [0.15, 0.2) is 17.5 Å². The summed E-state index contributed by atoms with van der Waals surface area (Å²) in [5, 5.41) is 3.09. The van der Waals surface area contributed by atoms with Crippen molar-refractivity contribution in [3.8, 4) is 11.5 Å². The van der Waals surface area contributed by atoms with Crippen molar-refractivity contribution in [2.24, 2.45) is 10.7 Å². The maximum atomic E-state index is 6.04. The summed E-state index contributed by atoms with van der Waals surface area (Å²) in [7, 11) is 3.20. The Labute approximate surface area is 180 Å². The summed E-state index contributed by atoms with van der Waals surface area (Å²) < 4.78 is 11.6. The molecule has 0 saturated heterocycles. The third-order valence-corrected chi connectivity index (χ3v) is 4.45. The first-order valence-corrected chi connectivity index (χ1v) is 8.70. The van der Waals surface area contributed by atoms with Crippen LogP contribution in [0.4, 0.5) is 5.69 Å². The lowest BCUT2D eigenvalue weighted by molar-refractivity contribution is 0.355. The summed E-state index contributed by atoms with van der Waals surface area (Å²) in [6.45, 7) is 4.85. The molecule has 2 aromatic carbocycles. The minimum absolute atomic E-state index is 0. The summed E-state index contributed by atoms with van der Waals surface area (Å²) >= 11 is 3.46. The molecule has 0 aliphatic heterocycles. The maximum Gasteiger partial charge on any atom is 0.193 e. The normalized spacial score (nSPS) is 11.5. The fraction of sp³-hybridized carbons (Fsp3) is 0.316. The van der Waals surface area contributed by atoms with E-state index >= 15 is 0 Å². The Morgan fingerprint density at radius 2 is 1.69 bits per heavy atom. The third kappa shape index (κ3) is 6.05. The van der Waals surface area contributed by atoms with Gasteiger partial charge in [-0.2, -0.15) is 0 Å². The molecule has 0 heterocycles. The Bertz CT molecular complexity index is 749. The smallest absolute Gasteiger partial charge is 0.193 e. The molecule has 2 aromatic rings. The van der Waals surface area contributed by atoms with Crippen molar-refractivity contribution in [1.29, 1.82) is 0 Å². The van der Waals surface area contributed by atoms with E-state index in [0.717, 1.165) is 10.2 Å². The van der Waals surface area contributed by atoms with Gasteiger partial charge in [0.05, 0.1) is 20.8 Å². The van der Waals surface area contributed by atoms with E-state index in [1.165, 1.54) is 5.56 Å². The summed E-state index contributed by atoms with van der Waals surface area (Å²) in [5.74, 6) is 1.66. The number of halogens is 2. The number of anilines is 1. The van der Waals surface area contributed by atoms with Gasteiger partial charge in [0.25, 0.3) is 0 Å². The quantitative estimate of drug-likeness (QED) is 0.318. The van der Waals surface area contributed by atoms with Gasteiger partial charge in [-0.25, -0.2) is 0 Å². The molecule has 3 N–H and O–H groups in total. The number of benzene rings is 2. The van der Waals surface area contributed by atoms with Crippen molar-refractivity contribution >= 4 is 51.6 Å². The SMILES string of the molecule is COc1ccc(NC(N)=NCC(C)(C)c2ccc(Br)cc2)cc1OC.I. The predicted octanol–water partition coefficient (Wildman–Crippen LogP) is 4.79. The fourth-order valence-corrected chi connectivity index (χ4v) is 2.64. The molecule has 2 rings (SSSR count). The zero-order chi connectivity index (χ0) is 18.4. The number of guanidine groups is 1.